The molecule has 0 bridgehead atoms. The van der Waals surface area contributed by atoms with E-state index in [1.165, 1.54) is 11.8 Å². The summed E-state index contributed by atoms with van der Waals surface area (Å²) in [5.74, 6) is -1.02. The van der Waals surface area contributed by atoms with Crippen LogP contribution in [-0.2, 0) is 16.1 Å². The smallest absolute Gasteiger partial charge is 0.326 e. The van der Waals surface area contributed by atoms with Crippen molar-refractivity contribution in [2.45, 2.75) is 38.8 Å². The topological polar surface area (TPSA) is 74.0 Å². The molecule has 3 rings (SSSR count). The van der Waals surface area contributed by atoms with Crippen LogP contribution in [0.15, 0.2) is 23.0 Å². The van der Waals surface area contributed by atoms with Crippen molar-refractivity contribution in [1.82, 2.24) is 9.80 Å². The van der Waals surface area contributed by atoms with Gasteiger partial charge in [-0.2, -0.15) is 0 Å². The number of carboxylic acid groups (broad SMARTS) is 1. The Hall–Kier alpha value is -1.82. The standard InChI is InChI=1S/C16H22N2O4/c1-12(19)18-11-16(8-14(18)15(20)21)3-5-17(6-4-16)9-13-2-7-22-10-13/h2,7,10,14H,3-6,8-9,11H2,1H3,(H,20,21)/t14-/m0/s1. The number of piperidine rings is 1. The minimum Gasteiger partial charge on any atom is -0.480 e. The van der Waals surface area contributed by atoms with Crippen molar-refractivity contribution in [2.75, 3.05) is 19.6 Å². The van der Waals surface area contributed by atoms with Crippen molar-refractivity contribution in [1.29, 1.82) is 0 Å². The summed E-state index contributed by atoms with van der Waals surface area (Å²) < 4.78 is 5.09. The van der Waals surface area contributed by atoms with Gasteiger partial charge in [0.25, 0.3) is 0 Å². The Kier molecular flexibility index (Phi) is 3.95. The molecule has 6 heteroatoms. The van der Waals surface area contributed by atoms with E-state index in [4.69, 9.17) is 4.42 Å². The molecule has 1 N–H and O–H groups in total. The zero-order chi connectivity index (χ0) is 15.7. The lowest BCUT2D eigenvalue weighted by molar-refractivity contribution is -0.147. The lowest BCUT2D eigenvalue weighted by Crippen LogP contribution is -2.42. The van der Waals surface area contributed by atoms with Gasteiger partial charge >= 0.3 is 5.97 Å². The Morgan fingerprint density at radius 1 is 1.41 bits per heavy atom. The number of carbonyl (C=O) groups is 2. The third kappa shape index (κ3) is 2.88. The Balaban J connectivity index is 1.62. The maximum atomic E-state index is 11.7. The van der Waals surface area contributed by atoms with Crippen LogP contribution in [0.25, 0.3) is 0 Å². The molecule has 1 aromatic heterocycles. The van der Waals surface area contributed by atoms with Crippen LogP contribution in [0.3, 0.4) is 0 Å². The first-order chi connectivity index (χ1) is 10.5. The molecule has 2 fully saturated rings. The first-order valence-corrected chi connectivity index (χ1v) is 7.73. The number of carbonyl (C=O) groups excluding carboxylic acids is 1. The molecular weight excluding hydrogens is 284 g/mol. The van der Waals surface area contributed by atoms with Crippen LogP contribution in [0, 0.1) is 5.41 Å². The van der Waals surface area contributed by atoms with E-state index in [-0.39, 0.29) is 11.3 Å². The normalized spacial score (nSPS) is 24.8. The van der Waals surface area contributed by atoms with Crippen molar-refractivity contribution in [3.05, 3.63) is 24.2 Å². The first kappa shape index (κ1) is 15.1. The average Bonchev–Trinajstić information content (AvgIpc) is 3.10. The van der Waals surface area contributed by atoms with Crippen LogP contribution in [0.4, 0.5) is 0 Å². The average molecular weight is 306 g/mol. The second kappa shape index (κ2) is 5.76. The van der Waals surface area contributed by atoms with Crippen molar-refractivity contribution in [3.63, 3.8) is 0 Å². The highest BCUT2D eigenvalue weighted by Crippen LogP contribution is 2.43. The van der Waals surface area contributed by atoms with Gasteiger partial charge in [-0.1, -0.05) is 0 Å². The quantitative estimate of drug-likeness (QED) is 0.917. The SMILES string of the molecule is CC(=O)N1CC2(CCN(Cc3ccoc3)CC2)C[C@H]1C(=O)O. The highest BCUT2D eigenvalue weighted by molar-refractivity contribution is 5.83. The predicted molar refractivity (Wildman–Crippen MR) is 79.1 cm³/mol. The van der Waals surface area contributed by atoms with Crippen LogP contribution in [0.2, 0.25) is 0 Å². The van der Waals surface area contributed by atoms with Gasteiger partial charge in [-0.15, -0.1) is 0 Å². The van der Waals surface area contributed by atoms with Gasteiger partial charge < -0.3 is 14.4 Å². The second-order valence-corrected chi connectivity index (χ2v) is 6.61. The number of hydrogen-bond donors (Lipinski definition) is 1. The van der Waals surface area contributed by atoms with Crippen molar-refractivity contribution >= 4 is 11.9 Å². The van der Waals surface area contributed by atoms with E-state index >= 15 is 0 Å². The molecule has 1 spiro atoms. The van der Waals surface area contributed by atoms with Crippen LogP contribution >= 0.6 is 0 Å². The molecule has 0 aromatic carbocycles. The summed E-state index contributed by atoms with van der Waals surface area (Å²) in [4.78, 5) is 27.0. The van der Waals surface area contributed by atoms with Crippen molar-refractivity contribution in [2.24, 2.45) is 5.41 Å². The van der Waals surface area contributed by atoms with Gasteiger partial charge in [-0.25, -0.2) is 4.79 Å². The van der Waals surface area contributed by atoms with Gasteiger partial charge in [-0.05, 0) is 43.8 Å². The number of rotatable bonds is 3. The van der Waals surface area contributed by atoms with Gasteiger partial charge in [0.05, 0.1) is 12.5 Å². The van der Waals surface area contributed by atoms with Gasteiger partial charge in [-0.3, -0.25) is 9.69 Å². The monoisotopic (exact) mass is 306 g/mol. The summed E-state index contributed by atoms with van der Waals surface area (Å²) in [7, 11) is 0. The number of amides is 1. The molecule has 2 aliphatic rings. The maximum Gasteiger partial charge on any atom is 0.326 e. The molecule has 1 aromatic rings. The minimum atomic E-state index is -0.882. The van der Waals surface area contributed by atoms with Crippen molar-refractivity contribution < 1.29 is 19.1 Å². The largest absolute Gasteiger partial charge is 0.480 e. The van der Waals surface area contributed by atoms with Gasteiger partial charge in [0, 0.05) is 25.6 Å². The fraction of sp³-hybridized carbons (Fsp3) is 0.625. The second-order valence-electron chi connectivity index (χ2n) is 6.61. The lowest BCUT2D eigenvalue weighted by atomic mass is 9.76. The predicted octanol–water partition coefficient (Wildman–Crippen LogP) is 1.57. The van der Waals surface area contributed by atoms with E-state index in [0.29, 0.717) is 13.0 Å². The van der Waals surface area contributed by atoms with Crippen LogP contribution < -0.4 is 0 Å². The molecule has 120 valence electrons. The Morgan fingerprint density at radius 2 is 2.14 bits per heavy atom. The summed E-state index contributed by atoms with van der Waals surface area (Å²) in [6.45, 7) is 4.78. The van der Waals surface area contributed by atoms with Crippen molar-refractivity contribution in [3.8, 4) is 0 Å². The molecule has 6 nitrogen and oxygen atoms in total. The Labute approximate surface area is 129 Å². The molecule has 0 unspecified atom stereocenters. The van der Waals surface area contributed by atoms with E-state index < -0.39 is 12.0 Å². The summed E-state index contributed by atoms with van der Waals surface area (Å²) >= 11 is 0. The molecule has 0 saturated carbocycles. The maximum absolute atomic E-state index is 11.7. The lowest BCUT2D eigenvalue weighted by Gasteiger charge is -2.39. The summed E-state index contributed by atoms with van der Waals surface area (Å²) in [6, 6.07) is 1.32. The Bertz CT molecular complexity index is 523. The molecule has 2 aliphatic heterocycles. The zero-order valence-electron chi connectivity index (χ0n) is 12.8. The molecular formula is C16H22N2O4. The highest BCUT2D eigenvalue weighted by Gasteiger charge is 2.48. The van der Waals surface area contributed by atoms with Crippen LogP contribution in [0.1, 0.15) is 31.7 Å². The van der Waals surface area contributed by atoms with E-state index in [9.17, 15) is 14.7 Å². The molecule has 1 atom stereocenters. The number of carboxylic acids is 1. The summed E-state index contributed by atoms with van der Waals surface area (Å²) in [6.07, 6.45) is 5.91. The molecule has 1 amide bonds. The first-order valence-electron chi connectivity index (χ1n) is 7.73. The van der Waals surface area contributed by atoms with E-state index in [2.05, 4.69) is 4.90 Å². The van der Waals surface area contributed by atoms with Gasteiger partial charge in [0.1, 0.15) is 6.04 Å². The van der Waals surface area contributed by atoms with Crippen LogP contribution in [0.5, 0.6) is 0 Å². The molecule has 3 heterocycles. The number of likely N-dealkylation sites (tertiary alicyclic amines) is 2. The molecule has 2 saturated heterocycles. The van der Waals surface area contributed by atoms with E-state index in [1.807, 2.05) is 6.07 Å². The summed E-state index contributed by atoms with van der Waals surface area (Å²) in [5, 5.41) is 9.35. The third-order valence-corrected chi connectivity index (χ3v) is 5.10. The summed E-state index contributed by atoms with van der Waals surface area (Å²) in [5.41, 5.74) is 1.14. The van der Waals surface area contributed by atoms with Crippen LogP contribution in [-0.4, -0.2) is 52.5 Å². The molecule has 0 radical (unpaired) electrons. The number of aliphatic carboxylic acids is 1. The minimum absolute atomic E-state index is 0.0262. The zero-order valence-corrected chi connectivity index (χ0v) is 12.8. The number of hydrogen-bond acceptors (Lipinski definition) is 4. The number of nitrogens with zero attached hydrogens (tertiary/aromatic N) is 2. The molecule has 0 aliphatic carbocycles. The number of furan rings is 1. The van der Waals surface area contributed by atoms with E-state index in [1.54, 1.807) is 12.5 Å². The highest BCUT2D eigenvalue weighted by atomic mass is 16.4. The van der Waals surface area contributed by atoms with Gasteiger partial charge in [0.15, 0.2) is 0 Å². The third-order valence-electron chi connectivity index (χ3n) is 5.10. The fourth-order valence-corrected chi connectivity index (χ4v) is 3.80. The van der Waals surface area contributed by atoms with Gasteiger partial charge in [0.2, 0.25) is 5.91 Å². The Morgan fingerprint density at radius 3 is 2.64 bits per heavy atom. The fourth-order valence-electron chi connectivity index (χ4n) is 3.80. The van der Waals surface area contributed by atoms with E-state index in [0.717, 1.165) is 38.0 Å². The molecule has 22 heavy (non-hydrogen) atoms.